The molecule has 0 bridgehead atoms. The van der Waals surface area contributed by atoms with E-state index in [2.05, 4.69) is 19.2 Å². The molecule has 0 radical (unpaired) electrons. The molecule has 112 valence electrons. The molecule has 1 aromatic rings. The molecule has 1 N–H and O–H groups in total. The molecule has 1 saturated carbocycles. The predicted octanol–water partition coefficient (Wildman–Crippen LogP) is 4.94. The standard InChI is InChI=1S/C17H26ClNO/c1-13(2)19-12-15-16(18)10-7-11-17(15)20-14-8-5-3-4-6-9-14/h7,10-11,13-14,19H,3-6,8-9,12H2,1-2H3. The Bertz CT molecular complexity index is 411. The van der Waals surface area contributed by atoms with Gasteiger partial charge in [0.2, 0.25) is 0 Å². The summed E-state index contributed by atoms with van der Waals surface area (Å²) in [6.07, 6.45) is 7.95. The lowest BCUT2D eigenvalue weighted by molar-refractivity contribution is 0.181. The first-order valence-corrected chi connectivity index (χ1v) is 8.22. The Hall–Kier alpha value is -0.730. The van der Waals surface area contributed by atoms with Crippen LogP contribution in [0.5, 0.6) is 5.75 Å². The Morgan fingerprint density at radius 2 is 1.90 bits per heavy atom. The van der Waals surface area contributed by atoms with Gasteiger partial charge in [-0.15, -0.1) is 0 Å². The van der Waals surface area contributed by atoms with E-state index in [1.165, 1.54) is 38.5 Å². The maximum Gasteiger partial charge on any atom is 0.125 e. The zero-order chi connectivity index (χ0) is 14.4. The van der Waals surface area contributed by atoms with Gasteiger partial charge in [0.1, 0.15) is 5.75 Å². The fraction of sp³-hybridized carbons (Fsp3) is 0.647. The van der Waals surface area contributed by atoms with Crippen molar-refractivity contribution in [2.45, 2.75) is 71.1 Å². The number of ether oxygens (including phenoxy) is 1. The van der Waals surface area contributed by atoms with Crippen LogP contribution in [-0.4, -0.2) is 12.1 Å². The SMILES string of the molecule is CC(C)NCc1c(Cl)cccc1OC1CCCCCC1. The molecule has 3 heteroatoms. The Morgan fingerprint density at radius 1 is 1.20 bits per heavy atom. The molecule has 0 heterocycles. The van der Waals surface area contributed by atoms with Crippen molar-refractivity contribution in [3.05, 3.63) is 28.8 Å². The zero-order valence-electron chi connectivity index (χ0n) is 12.6. The van der Waals surface area contributed by atoms with Crippen LogP contribution in [0.25, 0.3) is 0 Å². The van der Waals surface area contributed by atoms with Gasteiger partial charge < -0.3 is 10.1 Å². The molecule has 1 aromatic carbocycles. The quantitative estimate of drug-likeness (QED) is 0.777. The first kappa shape index (κ1) is 15.7. The Labute approximate surface area is 127 Å². The van der Waals surface area contributed by atoms with E-state index in [1.54, 1.807) is 0 Å². The minimum atomic E-state index is 0.355. The van der Waals surface area contributed by atoms with E-state index in [0.717, 1.165) is 22.9 Å². The van der Waals surface area contributed by atoms with E-state index in [1.807, 2.05) is 18.2 Å². The summed E-state index contributed by atoms with van der Waals surface area (Å²) in [6.45, 7) is 5.05. The Balaban J connectivity index is 2.07. The third-order valence-corrected chi connectivity index (χ3v) is 4.21. The topological polar surface area (TPSA) is 21.3 Å². The van der Waals surface area contributed by atoms with Crippen molar-refractivity contribution in [1.29, 1.82) is 0 Å². The van der Waals surface area contributed by atoms with Gasteiger partial charge in [0, 0.05) is 23.2 Å². The van der Waals surface area contributed by atoms with Crippen molar-refractivity contribution in [2.75, 3.05) is 0 Å². The smallest absolute Gasteiger partial charge is 0.125 e. The van der Waals surface area contributed by atoms with Crippen LogP contribution >= 0.6 is 11.6 Å². The van der Waals surface area contributed by atoms with Crippen molar-refractivity contribution in [3.8, 4) is 5.75 Å². The van der Waals surface area contributed by atoms with E-state index in [4.69, 9.17) is 16.3 Å². The number of halogens is 1. The van der Waals surface area contributed by atoms with Crippen molar-refractivity contribution >= 4 is 11.6 Å². The second-order valence-corrected chi connectivity index (χ2v) is 6.39. The van der Waals surface area contributed by atoms with E-state index in [9.17, 15) is 0 Å². The average molecular weight is 296 g/mol. The molecule has 2 rings (SSSR count). The molecule has 2 nitrogen and oxygen atoms in total. The third kappa shape index (κ3) is 4.68. The van der Waals surface area contributed by atoms with Gasteiger partial charge in [0.05, 0.1) is 6.10 Å². The van der Waals surface area contributed by atoms with Gasteiger partial charge in [-0.25, -0.2) is 0 Å². The van der Waals surface area contributed by atoms with Crippen molar-refractivity contribution < 1.29 is 4.74 Å². The second kappa shape index (κ2) is 7.90. The largest absolute Gasteiger partial charge is 0.490 e. The van der Waals surface area contributed by atoms with Gasteiger partial charge in [-0.05, 0) is 37.8 Å². The number of rotatable bonds is 5. The summed E-state index contributed by atoms with van der Waals surface area (Å²) >= 11 is 6.34. The Morgan fingerprint density at radius 3 is 2.55 bits per heavy atom. The average Bonchev–Trinajstić information content (AvgIpc) is 2.66. The van der Waals surface area contributed by atoms with Crippen molar-refractivity contribution in [1.82, 2.24) is 5.32 Å². The molecule has 1 fully saturated rings. The van der Waals surface area contributed by atoms with Gasteiger partial charge in [0.25, 0.3) is 0 Å². The van der Waals surface area contributed by atoms with Crippen LogP contribution in [0.3, 0.4) is 0 Å². The van der Waals surface area contributed by atoms with Gasteiger partial charge in [0.15, 0.2) is 0 Å². The minimum Gasteiger partial charge on any atom is -0.490 e. The molecule has 20 heavy (non-hydrogen) atoms. The maximum absolute atomic E-state index is 6.34. The third-order valence-electron chi connectivity index (χ3n) is 3.86. The molecular formula is C17H26ClNO. The van der Waals surface area contributed by atoms with E-state index >= 15 is 0 Å². The lowest BCUT2D eigenvalue weighted by atomic mass is 10.1. The summed E-state index contributed by atoms with van der Waals surface area (Å²) in [5.41, 5.74) is 1.09. The monoisotopic (exact) mass is 295 g/mol. The Kier molecular flexibility index (Phi) is 6.18. The fourth-order valence-electron chi connectivity index (χ4n) is 2.67. The maximum atomic E-state index is 6.34. The molecule has 0 atom stereocenters. The van der Waals surface area contributed by atoms with Crippen LogP contribution in [0.2, 0.25) is 5.02 Å². The zero-order valence-corrected chi connectivity index (χ0v) is 13.4. The van der Waals surface area contributed by atoms with Gasteiger partial charge in [-0.3, -0.25) is 0 Å². The van der Waals surface area contributed by atoms with Gasteiger partial charge in [-0.1, -0.05) is 44.4 Å². The number of hydrogen-bond donors (Lipinski definition) is 1. The highest BCUT2D eigenvalue weighted by Crippen LogP contribution is 2.30. The van der Waals surface area contributed by atoms with E-state index < -0.39 is 0 Å². The summed E-state index contributed by atoms with van der Waals surface area (Å²) in [5.74, 6) is 0.956. The van der Waals surface area contributed by atoms with Crippen LogP contribution in [0.15, 0.2) is 18.2 Å². The molecule has 0 spiro atoms. The summed E-state index contributed by atoms with van der Waals surface area (Å²) in [5, 5.41) is 4.22. The minimum absolute atomic E-state index is 0.355. The molecular weight excluding hydrogens is 270 g/mol. The first-order chi connectivity index (χ1) is 9.66. The highest BCUT2D eigenvalue weighted by molar-refractivity contribution is 6.31. The number of hydrogen-bond acceptors (Lipinski definition) is 2. The molecule has 0 aromatic heterocycles. The number of benzene rings is 1. The van der Waals surface area contributed by atoms with Crippen molar-refractivity contribution in [2.24, 2.45) is 0 Å². The molecule has 1 aliphatic carbocycles. The second-order valence-electron chi connectivity index (χ2n) is 5.98. The van der Waals surface area contributed by atoms with E-state index in [-0.39, 0.29) is 0 Å². The van der Waals surface area contributed by atoms with Crippen LogP contribution < -0.4 is 10.1 Å². The lowest BCUT2D eigenvalue weighted by Gasteiger charge is -2.21. The molecule has 0 unspecified atom stereocenters. The highest BCUT2D eigenvalue weighted by Gasteiger charge is 2.16. The summed E-state index contributed by atoms with van der Waals surface area (Å²) < 4.78 is 6.26. The van der Waals surface area contributed by atoms with Crippen LogP contribution in [0.4, 0.5) is 0 Å². The van der Waals surface area contributed by atoms with E-state index in [0.29, 0.717) is 12.1 Å². The van der Waals surface area contributed by atoms with Gasteiger partial charge >= 0.3 is 0 Å². The summed E-state index contributed by atoms with van der Waals surface area (Å²) in [4.78, 5) is 0. The van der Waals surface area contributed by atoms with Crippen LogP contribution in [-0.2, 0) is 6.54 Å². The van der Waals surface area contributed by atoms with Crippen LogP contribution in [0, 0.1) is 0 Å². The molecule has 0 aliphatic heterocycles. The number of nitrogens with one attached hydrogen (secondary N) is 1. The predicted molar refractivity (Wildman–Crippen MR) is 85.5 cm³/mol. The normalized spacial score (nSPS) is 17.2. The molecule has 0 saturated heterocycles. The fourth-order valence-corrected chi connectivity index (χ4v) is 2.90. The van der Waals surface area contributed by atoms with Crippen molar-refractivity contribution in [3.63, 3.8) is 0 Å². The highest BCUT2D eigenvalue weighted by atomic mass is 35.5. The molecule has 1 aliphatic rings. The van der Waals surface area contributed by atoms with Crippen LogP contribution in [0.1, 0.15) is 57.9 Å². The first-order valence-electron chi connectivity index (χ1n) is 7.84. The summed E-state index contributed by atoms with van der Waals surface area (Å²) in [7, 11) is 0. The molecule has 0 amide bonds. The summed E-state index contributed by atoms with van der Waals surface area (Å²) in [6, 6.07) is 6.41. The van der Waals surface area contributed by atoms with Gasteiger partial charge in [-0.2, -0.15) is 0 Å². The lowest BCUT2D eigenvalue weighted by Crippen LogP contribution is -2.23.